The Morgan fingerprint density at radius 2 is 1.42 bits per heavy atom. The molecule has 158 valence electrons. The zero-order chi connectivity index (χ0) is 22.1. The van der Waals surface area contributed by atoms with E-state index in [0.717, 1.165) is 11.1 Å². The van der Waals surface area contributed by atoms with Gasteiger partial charge in [-0.05, 0) is 35.4 Å². The molecular weight excluding hydrogens is 396 g/mol. The van der Waals surface area contributed by atoms with Gasteiger partial charge >= 0.3 is 0 Å². The summed E-state index contributed by atoms with van der Waals surface area (Å²) in [5.41, 5.74) is 3.29. The molecule has 0 spiro atoms. The highest BCUT2D eigenvalue weighted by atomic mass is 16.6. The molecule has 31 heavy (non-hydrogen) atoms. The van der Waals surface area contributed by atoms with Crippen LogP contribution in [-0.4, -0.2) is 36.4 Å². The second-order valence-electron chi connectivity index (χ2n) is 6.71. The molecule has 0 heterocycles. The van der Waals surface area contributed by atoms with Gasteiger partial charge in [-0.2, -0.15) is 0 Å². The standard InChI is InChI=1S/C23H22N4O4/c28-22(25-15-14-24-20-10-12-21(13-11-20)27(30)31)16-26-23(29)19-8-6-18(7-9-19)17-4-2-1-3-5-17/h1-13,24H,14-16H2,(H,25,28)(H,26,29). The molecule has 0 bridgehead atoms. The molecule has 0 aromatic heterocycles. The number of benzene rings is 3. The first-order valence-corrected chi connectivity index (χ1v) is 9.71. The quantitative estimate of drug-likeness (QED) is 0.281. The lowest BCUT2D eigenvalue weighted by Crippen LogP contribution is -2.38. The Bertz CT molecular complexity index is 1040. The molecule has 0 atom stereocenters. The largest absolute Gasteiger partial charge is 0.383 e. The van der Waals surface area contributed by atoms with Crippen LogP contribution in [0.3, 0.4) is 0 Å². The lowest BCUT2D eigenvalue weighted by molar-refractivity contribution is -0.384. The number of hydrogen-bond acceptors (Lipinski definition) is 5. The van der Waals surface area contributed by atoms with Crippen LogP contribution in [0.1, 0.15) is 10.4 Å². The molecule has 0 fully saturated rings. The van der Waals surface area contributed by atoms with Gasteiger partial charge in [0.1, 0.15) is 0 Å². The number of amides is 2. The van der Waals surface area contributed by atoms with Gasteiger partial charge in [-0.25, -0.2) is 0 Å². The van der Waals surface area contributed by atoms with Crippen LogP contribution in [-0.2, 0) is 4.79 Å². The predicted molar refractivity (Wildman–Crippen MR) is 119 cm³/mol. The van der Waals surface area contributed by atoms with Crippen LogP contribution in [0, 0.1) is 10.1 Å². The summed E-state index contributed by atoms with van der Waals surface area (Å²) in [4.78, 5) is 34.3. The van der Waals surface area contributed by atoms with E-state index in [1.165, 1.54) is 12.1 Å². The minimum absolute atomic E-state index is 0.0179. The van der Waals surface area contributed by atoms with Crippen LogP contribution in [0.25, 0.3) is 11.1 Å². The number of hydrogen-bond donors (Lipinski definition) is 3. The summed E-state index contributed by atoms with van der Waals surface area (Å²) in [6.07, 6.45) is 0. The van der Waals surface area contributed by atoms with Gasteiger partial charge in [-0.1, -0.05) is 42.5 Å². The molecule has 0 aliphatic carbocycles. The average molecular weight is 418 g/mol. The van der Waals surface area contributed by atoms with E-state index in [1.807, 2.05) is 42.5 Å². The maximum atomic E-state index is 12.2. The summed E-state index contributed by atoms with van der Waals surface area (Å²) < 4.78 is 0. The first kappa shape index (κ1) is 21.5. The third-order valence-corrected chi connectivity index (χ3v) is 4.52. The van der Waals surface area contributed by atoms with Gasteiger partial charge in [0, 0.05) is 36.5 Å². The van der Waals surface area contributed by atoms with Crippen molar-refractivity contribution in [3.63, 3.8) is 0 Å². The number of rotatable bonds is 9. The van der Waals surface area contributed by atoms with Crippen LogP contribution in [0.15, 0.2) is 78.9 Å². The molecule has 0 saturated carbocycles. The van der Waals surface area contributed by atoms with Gasteiger partial charge in [0.15, 0.2) is 0 Å². The van der Waals surface area contributed by atoms with E-state index in [0.29, 0.717) is 24.3 Å². The van der Waals surface area contributed by atoms with Gasteiger partial charge in [0.05, 0.1) is 11.5 Å². The molecule has 0 aliphatic heterocycles. The fourth-order valence-electron chi connectivity index (χ4n) is 2.88. The molecule has 3 N–H and O–H groups in total. The fourth-order valence-corrected chi connectivity index (χ4v) is 2.88. The molecule has 0 aliphatic rings. The van der Waals surface area contributed by atoms with Gasteiger partial charge in [0.2, 0.25) is 5.91 Å². The summed E-state index contributed by atoms with van der Waals surface area (Å²) in [5, 5.41) is 19.0. The van der Waals surface area contributed by atoms with E-state index in [2.05, 4.69) is 16.0 Å². The van der Waals surface area contributed by atoms with Crippen molar-refractivity contribution in [2.75, 3.05) is 25.0 Å². The van der Waals surface area contributed by atoms with Crippen molar-refractivity contribution in [3.8, 4) is 11.1 Å². The number of carbonyl (C=O) groups is 2. The molecule has 0 radical (unpaired) electrons. The number of non-ortho nitro benzene ring substituents is 1. The molecule has 3 aromatic rings. The summed E-state index contributed by atoms with van der Waals surface area (Å²) in [7, 11) is 0. The minimum Gasteiger partial charge on any atom is -0.383 e. The van der Waals surface area contributed by atoms with Crippen molar-refractivity contribution in [1.29, 1.82) is 0 Å². The molecule has 8 nitrogen and oxygen atoms in total. The first-order valence-electron chi connectivity index (χ1n) is 9.71. The number of nitro benzene ring substituents is 1. The number of nitrogens with one attached hydrogen (secondary N) is 3. The number of carbonyl (C=O) groups excluding carboxylic acids is 2. The Hall–Kier alpha value is -4.20. The van der Waals surface area contributed by atoms with Crippen LogP contribution in [0.4, 0.5) is 11.4 Å². The summed E-state index contributed by atoms with van der Waals surface area (Å²) in [6, 6.07) is 23.0. The average Bonchev–Trinajstić information content (AvgIpc) is 2.81. The van der Waals surface area contributed by atoms with Crippen molar-refractivity contribution in [3.05, 3.63) is 94.5 Å². The van der Waals surface area contributed by atoms with Gasteiger partial charge in [-0.15, -0.1) is 0 Å². The fraction of sp³-hybridized carbons (Fsp3) is 0.130. The maximum absolute atomic E-state index is 12.2. The van der Waals surface area contributed by atoms with Crippen molar-refractivity contribution in [1.82, 2.24) is 10.6 Å². The third-order valence-electron chi connectivity index (χ3n) is 4.52. The highest BCUT2D eigenvalue weighted by Crippen LogP contribution is 2.19. The van der Waals surface area contributed by atoms with Crippen molar-refractivity contribution in [2.24, 2.45) is 0 Å². The maximum Gasteiger partial charge on any atom is 0.269 e. The molecule has 3 aromatic carbocycles. The van der Waals surface area contributed by atoms with Crippen molar-refractivity contribution < 1.29 is 14.5 Å². The van der Waals surface area contributed by atoms with E-state index in [4.69, 9.17) is 0 Å². The smallest absolute Gasteiger partial charge is 0.269 e. The minimum atomic E-state index is -0.462. The normalized spacial score (nSPS) is 10.2. The second kappa shape index (κ2) is 10.5. The SMILES string of the molecule is O=C(CNC(=O)c1ccc(-c2ccccc2)cc1)NCCNc1ccc([N+](=O)[O-])cc1. The van der Waals surface area contributed by atoms with E-state index in [9.17, 15) is 19.7 Å². The highest BCUT2D eigenvalue weighted by molar-refractivity contribution is 5.96. The first-order chi connectivity index (χ1) is 15.0. The van der Waals surface area contributed by atoms with Crippen molar-refractivity contribution >= 4 is 23.2 Å². The molecule has 2 amide bonds. The summed E-state index contributed by atoms with van der Waals surface area (Å²) in [6.45, 7) is 0.659. The van der Waals surface area contributed by atoms with Crippen molar-refractivity contribution in [2.45, 2.75) is 0 Å². The van der Waals surface area contributed by atoms with Gasteiger partial charge in [-0.3, -0.25) is 19.7 Å². The molecule has 0 unspecified atom stereocenters. The van der Waals surface area contributed by atoms with Crippen LogP contribution in [0.2, 0.25) is 0 Å². The summed E-state index contributed by atoms with van der Waals surface area (Å²) in [5.74, 6) is -0.626. The Morgan fingerprint density at radius 3 is 2.06 bits per heavy atom. The molecule has 8 heteroatoms. The third kappa shape index (κ3) is 6.40. The molecule has 0 saturated heterocycles. The molecular formula is C23H22N4O4. The number of nitrogens with zero attached hydrogens (tertiary/aromatic N) is 1. The van der Waals surface area contributed by atoms with Crippen LogP contribution >= 0.6 is 0 Å². The highest BCUT2D eigenvalue weighted by Gasteiger charge is 2.08. The van der Waals surface area contributed by atoms with E-state index < -0.39 is 4.92 Å². The monoisotopic (exact) mass is 418 g/mol. The van der Waals surface area contributed by atoms with Crippen LogP contribution < -0.4 is 16.0 Å². The van der Waals surface area contributed by atoms with Gasteiger partial charge < -0.3 is 16.0 Å². The number of nitro groups is 1. The Kier molecular flexibility index (Phi) is 7.31. The zero-order valence-corrected chi connectivity index (χ0v) is 16.7. The topological polar surface area (TPSA) is 113 Å². The van der Waals surface area contributed by atoms with Gasteiger partial charge in [0.25, 0.3) is 11.6 Å². The zero-order valence-electron chi connectivity index (χ0n) is 16.7. The lowest BCUT2D eigenvalue weighted by atomic mass is 10.0. The van der Waals surface area contributed by atoms with E-state index >= 15 is 0 Å². The second-order valence-corrected chi connectivity index (χ2v) is 6.71. The van der Waals surface area contributed by atoms with E-state index in [1.54, 1.807) is 24.3 Å². The number of anilines is 1. The van der Waals surface area contributed by atoms with E-state index in [-0.39, 0.29) is 24.0 Å². The predicted octanol–water partition coefficient (Wildman–Crippen LogP) is 3.22. The molecule has 3 rings (SSSR count). The lowest BCUT2D eigenvalue weighted by Gasteiger charge is -2.09. The summed E-state index contributed by atoms with van der Waals surface area (Å²) >= 11 is 0. The van der Waals surface area contributed by atoms with Crippen LogP contribution in [0.5, 0.6) is 0 Å². The Labute approximate surface area is 179 Å². The Morgan fingerprint density at radius 1 is 0.774 bits per heavy atom. The Balaban J connectivity index is 1.37.